The summed E-state index contributed by atoms with van der Waals surface area (Å²) in [6.45, 7) is 7.86. The van der Waals surface area contributed by atoms with E-state index in [0.717, 1.165) is 19.3 Å². The molecule has 3 rings (SSSR count). The molecule has 9 heteroatoms. The van der Waals surface area contributed by atoms with Crippen molar-refractivity contribution in [2.75, 3.05) is 25.0 Å². The van der Waals surface area contributed by atoms with Crippen LogP contribution in [0, 0.1) is 0 Å². The minimum Gasteiger partial charge on any atom is -0.379 e. The van der Waals surface area contributed by atoms with Crippen molar-refractivity contribution >= 4 is 51.7 Å². The highest BCUT2D eigenvalue weighted by Gasteiger charge is 2.32. The molecule has 1 fully saturated rings. The summed E-state index contributed by atoms with van der Waals surface area (Å²) >= 11 is 6.62. The normalized spacial score (nSPS) is 15.6. The molecule has 3 heterocycles. The first-order valence-corrected chi connectivity index (χ1v) is 11.8. The summed E-state index contributed by atoms with van der Waals surface area (Å²) in [6.07, 6.45) is 6.09. The molecule has 31 heavy (non-hydrogen) atoms. The van der Waals surface area contributed by atoms with Crippen molar-refractivity contribution in [1.29, 1.82) is 0 Å². The SMILES string of the molecule is CCCCN1C(=O)/C(=C/c2c(NCCCOC(C)C)nc3ccccn3c2=O)SC1=S. The van der Waals surface area contributed by atoms with Gasteiger partial charge in [-0.2, -0.15) is 0 Å². The molecule has 0 aliphatic carbocycles. The second kappa shape index (κ2) is 10.9. The van der Waals surface area contributed by atoms with Crippen molar-refractivity contribution in [2.45, 2.75) is 46.1 Å². The molecule has 1 amide bonds. The quantitative estimate of drug-likeness (QED) is 0.327. The molecule has 2 aromatic heterocycles. The number of unbranched alkanes of at least 4 members (excludes halogenated alkanes) is 1. The number of ether oxygens (including phenoxy) is 1. The topological polar surface area (TPSA) is 75.9 Å². The maximum Gasteiger partial charge on any atom is 0.267 e. The Bertz CT molecular complexity index is 1050. The number of carbonyl (C=O) groups is 1. The Balaban J connectivity index is 1.91. The Morgan fingerprint density at radius 1 is 1.29 bits per heavy atom. The van der Waals surface area contributed by atoms with Gasteiger partial charge in [0.2, 0.25) is 0 Å². The number of fused-ring (bicyclic) bond motifs is 1. The molecule has 7 nitrogen and oxygen atoms in total. The number of pyridine rings is 1. The number of hydrogen-bond acceptors (Lipinski definition) is 7. The monoisotopic (exact) mass is 460 g/mol. The van der Waals surface area contributed by atoms with Crippen molar-refractivity contribution in [3.8, 4) is 0 Å². The fourth-order valence-electron chi connectivity index (χ4n) is 3.11. The van der Waals surface area contributed by atoms with Gasteiger partial charge in [-0.3, -0.25) is 18.9 Å². The van der Waals surface area contributed by atoms with E-state index in [1.807, 2.05) is 19.9 Å². The molecule has 0 aromatic carbocycles. The van der Waals surface area contributed by atoms with Crippen molar-refractivity contribution in [2.24, 2.45) is 0 Å². The predicted molar refractivity (Wildman–Crippen MR) is 130 cm³/mol. The molecule has 0 bridgehead atoms. The Kier molecular flexibility index (Phi) is 8.22. The van der Waals surface area contributed by atoms with Crippen LogP contribution in [-0.2, 0) is 9.53 Å². The summed E-state index contributed by atoms with van der Waals surface area (Å²) in [5, 5.41) is 3.25. The van der Waals surface area contributed by atoms with Gasteiger partial charge in [0.15, 0.2) is 0 Å². The van der Waals surface area contributed by atoms with E-state index >= 15 is 0 Å². The zero-order chi connectivity index (χ0) is 22.4. The number of rotatable bonds is 10. The Hall–Kier alpha value is -2.23. The average Bonchev–Trinajstić information content (AvgIpc) is 3.01. The highest BCUT2D eigenvalue weighted by molar-refractivity contribution is 8.26. The van der Waals surface area contributed by atoms with Crippen molar-refractivity contribution in [1.82, 2.24) is 14.3 Å². The fourth-order valence-corrected chi connectivity index (χ4v) is 4.40. The van der Waals surface area contributed by atoms with Gasteiger partial charge in [-0.25, -0.2) is 4.98 Å². The van der Waals surface area contributed by atoms with Gasteiger partial charge in [0.25, 0.3) is 11.5 Å². The van der Waals surface area contributed by atoms with Crippen molar-refractivity contribution in [3.05, 3.63) is 45.2 Å². The van der Waals surface area contributed by atoms with E-state index in [4.69, 9.17) is 17.0 Å². The van der Waals surface area contributed by atoms with Gasteiger partial charge in [0.1, 0.15) is 15.8 Å². The second-order valence-corrected chi connectivity index (χ2v) is 9.17. The van der Waals surface area contributed by atoms with E-state index in [9.17, 15) is 9.59 Å². The van der Waals surface area contributed by atoms with Crippen LogP contribution in [-0.4, -0.2) is 50.3 Å². The molecule has 0 atom stereocenters. The lowest BCUT2D eigenvalue weighted by Gasteiger charge is -2.13. The smallest absolute Gasteiger partial charge is 0.267 e. The summed E-state index contributed by atoms with van der Waals surface area (Å²) in [7, 11) is 0. The lowest BCUT2D eigenvalue weighted by Crippen LogP contribution is -2.29. The summed E-state index contributed by atoms with van der Waals surface area (Å²) < 4.78 is 7.59. The van der Waals surface area contributed by atoms with Crippen LogP contribution in [0.3, 0.4) is 0 Å². The lowest BCUT2D eigenvalue weighted by atomic mass is 10.2. The van der Waals surface area contributed by atoms with Crippen LogP contribution >= 0.6 is 24.0 Å². The zero-order valence-corrected chi connectivity index (χ0v) is 19.7. The van der Waals surface area contributed by atoms with Crippen LogP contribution in [0.2, 0.25) is 0 Å². The summed E-state index contributed by atoms with van der Waals surface area (Å²) in [4.78, 5) is 32.7. The zero-order valence-electron chi connectivity index (χ0n) is 18.1. The van der Waals surface area contributed by atoms with Crippen LogP contribution in [0.5, 0.6) is 0 Å². The van der Waals surface area contributed by atoms with Gasteiger partial charge in [-0.05, 0) is 44.9 Å². The van der Waals surface area contributed by atoms with Crippen LogP contribution < -0.4 is 10.9 Å². The van der Waals surface area contributed by atoms with Crippen molar-refractivity contribution < 1.29 is 9.53 Å². The van der Waals surface area contributed by atoms with Gasteiger partial charge >= 0.3 is 0 Å². The third-order valence-electron chi connectivity index (χ3n) is 4.72. The minimum absolute atomic E-state index is 0.155. The van der Waals surface area contributed by atoms with Crippen LogP contribution in [0.4, 0.5) is 5.82 Å². The number of hydrogen-bond donors (Lipinski definition) is 1. The number of carbonyl (C=O) groups excluding carboxylic acids is 1. The first kappa shape index (κ1) is 23.4. The van der Waals surface area contributed by atoms with Crippen LogP contribution in [0.15, 0.2) is 34.1 Å². The summed E-state index contributed by atoms with van der Waals surface area (Å²) in [5.74, 6) is 0.303. The molecular weight excluding hydrogens is 432 g/mol. The highest BCUT2D eigenvalue weighted by atomic mass is 32.2. The van der Waals surface area contributed by atoms with E-state index in [2.05, 4.69) is 17.2 Å². The Morgan fingerprint density at radius 3 is 2.84 bits per heavy atom. The largest absolute Gasteiger partial charge is 0.379 e. The van der Waals surface area contributed by atoms with E-state index in [1.54, 1.807) is 29.3 Å². The third kappa shape index (κ3) is 5.72. The average molecular weight is 461 g/mol. The van der Waals surface area contributed by atoms with Gasteiger partial charge in [0.05, 0.1) is 16.6 Å². The lowest BCUT2D eigenvalue weighted by molar-refractivity contribution is -0.122. The first-order chi connectivity index (χ1) is 14.9. The number of anilines is 1. The van der Waals surface area contributed by atoms with Gasteiger partial charge in [-0.15, -0.1) is 0 Å². The number of thiocarbonyl (C=S) groups is 1. The first-order valence-electron chi connectivity index (χ1n) is 10.5. The number of aromatic nitrogens is 2. The number of nitrogens with zero attached hydrogens (tertiary/aromatic N) is 3. The molecule has 1 aliphatic rings. The van der Waals surface area contributed by atoms with E-state index in [1.165, 1.54) is 16.2 Å². The van der Waals surface area contributed by atoms with Gasteiger partial charge in [0, 0.05) is 25.9 Å². The standard InChI is InChI=1S/C22H28N4O3S2/c1-4-5-11-26-21(28)17(31-22(26)30)14-16-19(23-10-8-13-29-15(2)3)24-18-9-6-7-12-25(18)20(16)27/h6-7,9,12,14-15,23H,4-5,8,10-11,13H2,1-3H3/b17-14-. The number of nitrogens with one attached hydrogen (secondary N) is 1. The van der Waals surface area contributed by atoms with Gasteiger partial charge in [-0.1, -0.05) is 43.4 Å². The Morgan fingerprint density at radius 2 is 2.10 bits per heavy atom. The highest BCUT2D eigenvalue weighted by Crippen LogP contribution is 2.33. The van der Waals surface area contributed by atoms with Crippen LogP contribution in [0.25, 0.3) is 11.7 Å². The molecule has 0 radical (unpaired) electrons. The van der Waals surface area contributed by atoms with E-state index in [-0.39, 0.29) is 17.6 Å². The second-order valence-electron chi connectivity index (χ2n) is 7.49. The molecule has 166 valence electrons. The molecule has 1 saturated heterocycles. The molecule has 1 aliphatic heterocycles. The molecule has 0 unspecified atom stereocenters. The summed E-state index contributed by atoms with van der Waals surface area (Å²) in [6, 6.07) is 5.39. The minimum atomic E-state index is -0.231. The number of thioether (sulfide) groups is 1. The number of amides is 1. The maximum atomic E-state index is 13.2. The van der Waals surface area contributed by atoms with E-state index < -0.39 is 0 Å². The Labute approximate surface area is 191 Å². The van der Waals surface area contributed by atoms with Crippen molar-refractivity contribution in [3.63, 3.8) is 0 Å². The molecule has 2 aromatic rings. The third-order valence-corrected chi connectivity index (χ3v) is 6.10. The molecule has 0 saturated carbocycles. The fraction of sp³-hybridized carbons (Fsp3) is 0.455. The van der Waals surface area contributed by atoms with Crippen LogP contribution in [0.1, 0.15) is 45.6 Å². The molecule has 0 spiro atoms. The maximum absolute atomic E-state index is 13.2. The predicted octanol–water partition coefficient (Wildman–Crippen LogP) is 3.92. The van der Waals surface area contributed by atoms with E-state index in [0.29, 0.717) is 46.0 Å². The molecule has 1 N–H and O–H groups in total. The molecular formula is C22H28N4O3S2. The van der Waals surface area contributed by atoms with Gasteiger partial charge < -0.3 is 10.1 Å². The summed E-state index contributed by atoms with van der Waals surface area (Å²) in [5.41, 5.74) is 0.663.